The minimum absolute atomic E-state index is 0.00175. The molecule has 0 aliphatic carbocycles. The third-order valence-electron chi connectivity index (χ3n) is 2.59. The number of carbonyl (C=O) groups is 2. The van der Waals surface area contributed by atoms with Crippen molar-refractivity contribution in [2.75, 3.05) is 10.6 Å². The first-order chi connectivity index (χ1) is 9.95. The molecule has 7 heteroatoms. The second-order valence-corrected chi connectivity index (χ2v) is 5.24. The quantitative estimate of drug-likeness (QED) is 0.790. The first-order valence-electron chi connectivity index (χ1n) is 5.98. The number of nitrogens with zero attached hydrogens (tertiary/aromatic N) is 1. The second-order valence-electron chi connectivity index (χ2n) is 4.33. The van der Waals surface area contributed by atoms with Crippen molar-refractivity contribution in [2.24, 2.45) is 0 Å². The standard InChI is InChI=1S/C14H12BrN3O3/c1-8-4-10(7-16-6-8)17-14(21)18-12-3-2-9(15)5-11(12)13(19)20/h2-7H,1H3,(H,19,20)(H2,17,18,21). The van der Waals surface area contributed by atoms with Crippen LogP contribution in [0.1, 0.15) is 15.9 Å². The fourth-order valence-corrected chi connectivity index (χ4v) is 2.07. The van der Waals surface area contributed by atoms with E-state index in [1.54, 1.807) is 18.3 Å². The van der Waals surface area contributed by atoms with Crippen LogP contribution in [0.3, 0.4) is 0 Å². The summed E-state index contributed by atoms with van der Waals surface area (Å²) in [4.78, 5) is 27.0. The van der Waals surface area contributed by atoms with E-state index in [1.807, 2.05) is 6.92 Å². The maximum atomic E-state index is 11.9. The molecule has 0 saturated carbocycles. The molecule has 0 spiro atoms. The van der Waals surface area contributed by atoms with Crippen LogP contribution in [-0.4, -0.2) is 22.1 Å². The number of carbonyl (C=O) groups excluding carboxylic acids is 1. The molecule has 21 heavy (non-hydrogen) atoms. The normalized spacial score (nSPS) is 10.0. The highest BCUT2D eigenvalue weighted by atomic mass is 79.9. The highest BCUT2D eigenvalue weighted by Gasteiger charge is 2.13. The second kappa shape index (κ2) is 6.36. The Morgan fingerprint density at radius 1 is 1.19 bits per heavy atom. The van der Waals surface area contributed by atoms with Gasteiger partial charge in [-0.05, 0) is 36.8 Å². The average Bonchev–Trinajstić information content (AvgIpc) is 2.40. The van der Waals surface area contributed by atoms with Crippen LogP contribution in [-0.2, 0) is 0 Å². The first kappa shape index (κ1) is 15.0. The van der Waals surface area contributed by atoms with Crippen molar-refractivity contribution >= 4 is 39.3 Å². The lowest BCUT2D eigenvalue weighted by atomic mass is 10.2. The van der Waals surface area contributed by atoms with Crippen molar-refractivity contribution in [3.05, 3.63) is 52.3 Å². The Bertz CT molecular complexity index is 704. The van der Waals surface area contributed by atoms with E-state index >= 15 is 0 Å². The van der Waals surface area contributed by atoms with Gasteiger partial charge in [-0.3, -0.25) is 4.98 Å². The topological polar surface area (TPSA) is 91.3 Å². The molecule has 0 bridgehead atoms. The van der Waals surface area contributed by atoms with E-state index in [1.165, 1.54) is 18.3 Å². The molecular formula is C14H12BrN3O3. The van der Waals surface area contributed by atoms with Gasteiger partial charge >= 0.3 is 12.0 Å². The zero-order chi connectivity index (χ0) is 15.4. The summed E-state index contributed by atoms with van der Waals surface area (Å²) in [5, 5.41) is 14.2. The summed E-state index contributed by atoms with van der Waals surface area (Å²) in [5.41, 5.74) is 1.65. The molecule has 1 aromatic carbocycles. The maximum absolute atomic E-state index is 11.9. The lowest BCUT2D eigenvalue weighted by Gasteiger charge is -2.10. The van der Waals surface area contributed by atoms with Crippen LogP contribution in [0.15, 0.2) is 41.1 Å². The highest BCUT2D eigenvalue weighted by molar-refractivity contribution is 9.10. The summed E-state index contributed by atoms with van der Waals surface area (Å²) < 4.78 is 0.619. The van der Waals surface area contributed by atoms with Crippen molar-refractivity contribution in [3.63, 3.8) is 0 Å². The Hall–Kier alpha value is -2.41. The third-order valence-corrected chi connectivity index (χ3v) is 3.09. The Morgan fingerprint density at radius 2 is 1.95 bits per heavy atom. The number of pyridine rings is 1. The van der Waals surface area contributed by atoms with Gasteiger partial charge in [0.05, 0.1) is 23.1 Å². The van der Waals surface area contributed by atoms with Crippen LogP contribution in [0, 0.1) is 6.92 Å². The monoisotopic (exact) mass is 349 g/mol. The van der Waals surface area contributed by atoms with Crippen molar-refractivity contribution in [2.45, 2.75) is 6.92 Å². The highest BCUT2D eigenvalue weighted by Crippen LogP contribution is 2.21. The van der Waals surface area contributed by atoms with Gasteiger partial charge in [-0.15, -0.1) is 0 Å². The number of urea groups is 1. The van der Waals surface area contributed by atoms with E-state index in [0.29, 0.717) is 10.2 Å². The van der Waals surface area contributed by atoms with E-state index in [-0.39, 0.29) is 11.3 Å². The van der Waals surface area contributed by atoms with Crippen molar-refractivity contribution < 1.29 is 14.7 Å². The molecule has 0 aliphatic heterocycles. The number of aryl methyl sites for hydroxylation is 1. The minimum atomic E-state index is -1.12. The number of aromatic nitrogens is 1. The number of benzene rings is 1. The number of carboxylic acids is 1. The molecule has 0 saturated heterocycles. The molecule has 3 N–H and O–H groups in total. The molecule has 2 rings (SSSR count). The molecule has 0 unspecified atom stereocenters. The van der Waals surface area contributed by atoms with Crippen molar-refractivity contribution in [3.8, 4) is 0 Å². The number of carboxylic acid groups (broad SMARTS) is 1. The molecule has 0 atom stereocenters. The molecule has 2 aromatic rings. The van der Waals surface area contributed by atoms with Gasteiger partial charge in [-0.25, -0.2) is 9.59 Å². The number of halogens is 1. The van der Waals surface area contributed by atoms with E-state index in [0.717, 1.165) is 5.56 Å². The average molecular weight is 350 g/mol. The van der Waals surface area contributed by atoms with E-state index in [4.69, 9.17) is 5.11 Å². The number of aromatic carboxylic acids is 1. The molecule has 1 heterocycles. The Labute approximate surface area is 129 Å². The Balaban J connectivity index is 2.15. The van der Waals surface area contributed by atoms with Crippen LogP contribution in [0.4, 0.5) is 16.2 Å². The number of hydrogen-bond donors (Lipinski definition) is 3. The van der Waals surface area contributed by atoms with Gasteiger partial charge in [0.1, 0.15) is 0 Å². The lowest BCUT2D eigenvalue weighted by molar-refractivity contribution is 0.0698. The summed E-state index contributed by atoms with van der Waals surface area (Å²) in [6.07, 6.45) is 3.17. The van der Waals surface area contributed by atoms with Crippen molar-refractivity contribution in [1.82, 2.24) is 4.98 Å². The van der Waals surface area contributed by atoms with Gasteiger partial charge in [-0.2, -0.15) is 0 Å². The first-order valence-corrected chi connectivity index (χ1v) is 6.77. The zero-order valence-electron chi connectivity index (χ0n) is 11.1. The minimum Gasteiger partial charge on any atom is -0.478 e. The van der Waals surface area contributed by atoms with Gasteiger partial charge in [0.15, 0.2) is 0 Å². The third kappa shape index (κ3) is 4.03. The lowest BCUT2D eigenvalue weighted by Crippen LogP contribution is -2.21. The smallest absolute Gasteiger partial charge is 0.337 e. The molecule has 0 aliphatic rings. The molecule has 2 amide bonds. The van der Waals surface area contributed by atoms with E-state index in [2.05, 4.69) is 31.5 Å². The van der Waals surface area contributed by atoms with Gasteiger partial charge < -0.3 is 15.7 Å². The Kier molecular flexibility index (Phi) is 4.54. The maximum Gasteiger partial charge on any atom is 0.337 e. The number of rotatable bonds is 3. The summed E-state index contributed by atoms with van der Waals surface area (Å²) in [7, 11) is 0. The summed E-state index contributed by atoms with van der Waals surface area (Å²) >= 11 is 3.19. The van der Waals surface area contributed by atoms with Crippen LogP contribution in [0.2, 0.25) is 0 Å². The number of anilines is 2. The predicted octanol–water partition coefficient (Wildman–Crippen LogP) is 3.49. The largest absolute Gasteiger partial charge is 0.478 e. The molecular weight excluding hydrogens is 338 g/mol. The molecule has 0 radical (unpaired) electrons. The van der Waals surface area contributed by atoms with Crippen LogP contribution in [0.25, 0.3) is 0 Å². The Morgan fingerprint density at radius 3 is 2.62 bits per heavy atom. The molecule has 0 fully saturated rings. The fourth-order valence-electron chi connectivity index (χ4n) is 1.71. The molecule has 108 valence electrons. The predicted molar refractivity (Wildman–Crippen MR) is 82.7 cm³/mol. The fraction of sp³-hybridized carbons (Fsp3) is 0.0714. The summed E-state index contributed by atoms with van der Waals surface area (Å²) in [6.45, 7) is 1.85. The molecule has 1 aromatic heterocycles. The van der Waals surface area contributed by atoms with Gasteiger partial charge in [0.2, 0.25) is 0 Å². The van der Waals surface area contributed by atoms with Gasteiger partial charge in [0, 0.05) is 10.7 Å². The van der Waals surface area contributed by atoms with E-state index in [9.17, 15) is 9.59 Å². The number of hydrogen-bond acceptors (Lipinski definition) is 3. The zero-order valence-corrected chi connectivity index (χ0v) is 12.6. The van der Waals surface area contributed by atoms with E-state index < -0.39 is 12.0 Å². The van der Waals surface area contributed by atoms with Crippen LogP contribution >= 0.6 is 15.9 Å². The molecule has 6 nitrogen and oxygen atoms in total. The SMILES string of the molecule is Cc1cncc(NC(=O)Nc2ccc(Br)cc2C(=O)O)c1. The van der Waals surface area contributed by atoms with Gasteiger partial charge in [-0.1, -0.05) is 15.9 Å². The summed E-state index contributed by atoms with van der Waals surface area (Å²) in [6, 6.07) is 5.81. The van der Waals surface area contributed by atoms with Gasteiger partial charge in [0.25, 0.3) is 0 Å². The summed E-state index contributed by atoms with van der Waals surface area (Å²) in [5.74, 6) is -1.12. The van der Waals surface area contributed by atoms with Crippen molar-refractivity contribution in [1.29, 1.82) is 0 Å². The van der Waals surface area contributed by atoms with Crippen LogP contribution in [0.5, 0.6) is 0 Å². The van der Waals surface area contributed by atoms with Crippen LogP contribution < -0.4 is 10.6 Å². The number of nitrogens with one attached hydrogen (secondary N) is 2. The number of amides is 2.